The number of fused-ring (bicyclic) bond motifs is 1. The maximum Gasteiger partial charge on any atom is 0.0373 e. The van der Waals surface area contributed by atoms with Crippen LogP contribution < -0.4 is 11.1 Å². The van der Waals surface area contributed by atoms with E-state index in [9.17, 15) is 0 Å². The zero-order valence-corrected chi connectivity index (χ0v) is 8.92. The number of benzene rings is 1. The van der Waals surface area contributed by atoms with Crippen molar-refractivity contribution in [3.8, 4) is 0 Å². The second-order valence-corrected chi connectivity index (χ2v) is 4.60. The number of rotatable bonds is 0. The van der Waals surface area contributed by atoms with Gasteiger partial charge in [-0.1, -0.05) is 34.1 Å². The van der Waals surface area contributed by atoms with E-state index in [1.165, 1.54) is 11.3 Å². The second-order valence-electron chi connectivity index (χ2n) is 3.42. The van der Waals surface area contributed by atoms with Gasteiger partial charge in [0.15, 0.2) is 0 Å². The van der Waals surface area contributed by atoms with Crippen molar-refractivity contribution < 1.29 is 0 Å². The average Bonchev–Trinajstić information content (AvgIpc) is 2.28. The van der Waals surface area contributed by atoms with Crippen LogP contribution in [0.1, 0.15) is 5.56 Å². The van der Waals surface area contributed by atoms with Gasteiger partial charge in [0, 0.05) is 23.1 Å². The van der Waals surface area contributed by atoms with E-state index < -0.39 is 0 Å². The van der Waals surface area contributed by atoms with E-state index in [0.717, 1.165) is 13.0 Å². The lowest BCUT2D eigenvalue weighted by Gasteiger charge is -2.13. The van der Waals surface area contributed by atoms with Crippen LogP contribution in [0.15, 0.2) is 24.3 Å². The first-order valence-corrected chi connectivity index (χ1v) is 5.40. The molecule has 70 valence electrons. The molecule has 0 saturated heterocycles. The molecule has 0 amide bonds. The predicted molar refractivity (Wildman–Crippen MR) is 59.3 cm³/mol. The topological polar surface area (TPSA) is 38.0 Å². The van der Waals surface area contributed by atoms with Crippen molar-refractivity contribution in [2.24, 2.45) is 5.73 Å². The first-order chi connectivity index (χ1) is 6.27. The Hall–Kier alpha value is -0.540. The highest BCUT2D eigenvalue weighted by atomic mass is 79.9. The quantitative estimate of drug-likeness (QED) is 0.679. The molecule has 0 aliphatic carbocycles. The highest BCUT2D eigenvalue weighted by Crippen LogP contribution is 2.23. The third kappa shape index (κ3) is 1.86. The molecule has 0 bridgehead atoms. The Morgan fingerprint density at radius 1 is 1.38 bits per heavy atom. The summed E-state index contributed by atoms with van der Waals surface area (Å²) in [7, 11) is 0. The van der Waals surface area contributed by atoms with Crippen molar-refractivity contribution in [1.82, 2.24) is 0 Å². The van der Waals surface area contributed by atoms with Gasteiger partial charge in [0.25, 0.3) is 0 Å². The zero-order valence-electron chi connectivity index (χ0n) is 7.33. The average molecular weight is 241 g/mol. The van der Waals surface area contributed by atoms with Gasteiger partial charge >= 0.3 is 0 Å². The summed E-state index contributed by atoms with van der Waals surface area (Å²) in [6, 6.07) is 8.55. The van der Waals surface area contributed by atoms with Crippen LogP contribution in [-0.2, 0) is 6.42 Å². The Kier molecular flexibility index (Phi) is 2.56. The SMILES string of the molecule is N[C@@H]1CNc2ccccc2C[C@@H]1Br. The van der Waals surface area contributed by atoms with E-state index >= 15 is 0 Å². The molecular formula is C10H13BrN2. The first-order valence-electron chi connectivity index (χ1n) is 4.49. The van der Waals surface area contributed by atoms with Crippen molar-refractivity contribution in [2.75, 3.05) is 11.9 Å². The van der Waals surface area contributed by atoms with Crippen LogP contribution >= 0.6 is 15.9 Å². The molecule has 0 fully saturated rings. The lowest BCUT2D eigenvalue weighted by molar-refractivity contribution is 0.678. The Morgan fingerprint density at radius 3 is 3.00 bits per heavy atom. The molecule has 1 aromatic carbocycles. The monoisotopic (exact) mass is 240 g/mol. The minimum absolute atomic E-state index is 0.187. The first kappa shape index (κ1) is 9.03. The van der Waals surface area contributed by atoms with E-state index in [4.69, 9.17) is 5.73 Å². The number of hydrogen-bond acceptors (Lipinski definition) is 2. The van der Waals surface area contributed by atoms with Crippen LogP contribution in [0.25, 0.3) is 0 Å². The minimum Gasteiger partial charge on any atom is -0.383 e. The van der Waals surface area contributed by atoms with Crippen molar-refractivity contribution >= 4 is 21.6 Å². The van der Waals surface area contributed by atoms with Crippen LogP contribution in [0.3, 0.4) is 0 Å². The summed E-state index contributed by atoms with van der Waals surface area (Å²) < 4.78 is 0. The summed E-state index contributed by atoms with van der Waals surface area (Å²) in [4.78, 5) is 0.378. The summed E-state index contributed by atoms with van der Waals surface area (Å²) in [6.07, 6.45) is 1.00. The third-order valence-corrected chi connectivity index (χ3v) is 3.43. The molecule has 1 aromatic rings. The molecule has 0 saturated carbocycles. The number of hydrogen-bond donors (Lipinski definition) is 2. The molecule has 1 heterocycles. The molecule has 2 rings (SSSR count). The molecular weight excluding hydrogens is 228 g/mol. The van der Waals surface area contributed by atoms with Gasteiger partial charge in [0.05, 0.1) is 0 Å². The Morgan fingerprint density at radius 2 is 2.15 bits per heavy atom. The third-order valence-electron chi connectivity index (χ3n) is 2.43. The van der Waals surface area contributed by atoms with Crippen LogP contribution in [0.2, 0.25) is 0 Å². The Balaban J connectivity index is 2.29. The molecule has 2 atom stereocenters. The molecule has 0 spiro atoms. The lowest BCUT2D eigenvalue weighted by Crippen LogP contribution is -2.36. The van der Waals surface area contributed by atoms with E-state index in [1.807, 2.05) is 6.07 Å². The van der Waals surface area contributed by atoms with E-state index in [1.54, 1.807) is 0 Å². The van der Waals surface area contributed by atoms with Gasteiger partial charge in [-0.05, 0) is 18.1 Å². The fourth-order valence-corrected chi connectivity index (χ4v) is 2.12. The highest BCUT2D eigenvalue weighted by molar-refractivity contribution is 9.09. The summed E-state index contributed by atoms with van der Waals surface area (Å²) >= 11 is 3.61. The van der Waals surface area contributed by atoms with E-state index in [0.29, 0.717) is 4.83 Å². The van der Waals surface area contributed by atoms with Gasteiger partial charge in [0.2, 0.25) is 0 Å². The predicted octanol–water partition coefficient (Wildman–Crippen LogP) is 1.75. The van der Waals surface area contributed by atoms with Crippen molar-refractivity contribution in [3.05, 3.63) is 29.8 Å². The molecule has 3 N–H and O–H groups in total. The second kappa shape index (κ2) is 3.68. The van der Waals surface area contributed by atoms with Crippen LogP contribution in [0, 0.1) is 0 Å². The van der Waals surface area contributed by atoms with Crippen LogP contribution in [0.5, 0.6) is 0 Å². The number of nitrogens with one attached hydrogen (secondary N) is 1. The van der Waals surface area contributed by atoms with Gasteiger partial charge in [-0.25, -0.2) is 0 Å². The van der Waals surface area contributed by atoms with Crippen LogP contribution in [0.4, 0.5) is 5.69 Å². The standard InChI is InChI=1S/C10H13BrN2/c11-8-5-7-3-1-2-4-10(7)13-6-9(8)12/h1-4,8-9,13H,5-6,12H2/t8-,9+/m0/s1. The van der Waals surface area contributed by atoms with Crippen LogP contribution in [-0.4, -0.2) is 17.4 Å². The number of para-hydroxylation sites is 1. The number of anilines is 1. The Bertz CT molecular complexity index is 301. The minimum atomic E-state index is 0.187. The number of nitrogens with two attached hydrogens (primary N) is 1. The van der Waals surface area contributed by atoms with Gasteiger partial charge in [-0.3, -0.25) is 0 Å². The molecule has 0 radical (unpaired) electrons. The van der Waals surface area contributed by atoms with E-state index in [2.05, 4.69) is 39.4 Å². The maximum absolute atomic E-state index is 5.95. The smallest absolute Gasteiger partial charge is 0.0373 e. The van der Waals surface area contributed by atoms with Gasteiger partial charge in [-0.2, -0.15) is 0 Å². The number of halogens is 1. The highest BCUT2D eigenvalue weighted by Gasteiger charge is 2.19. The maximum atomic E-state index is 5.95. The van der Waals surface area contributed by atoms with Gasteiger partial charge in [-0.15, -0.1) is 0 Å². The molecule has 3 heteroatoms. The van der Waals surface area contributed by atoms with Crippen molar-refractivity contribution in [1.29, 1.82) is 0 Å². The molecule has 0 aromatic heterocycles. The molecule has 0 unspecified atom stereocenters. The zero-order chi connectivity index (χ0) is 9.26. The lowest BCUT2D eigenvalue weighted by atomic mass is 10.1. The van der Waals surface area contributed by atoms with Gasteiger partial charge < -0.3 is 11.1 Å². The fourth-order valence-electron chi connectivity index (χ4n) is 1.59. The summed E-state index contributed by atoms with van der Waals surface area (Å²) in [5.41, 5.74) is 8.52. The summed E-state index contributed by atoms with van der Waals surface area (Å²) in [6.45, 7) is 0.840. The van der Waals surface area contributed by atoms with Gasteiger partial charge in [0.1, 0.15) is 0 Å². The molecule has 2 nitrogen and oxygen atoms in total. The summed E-state index contributed by atoms with van der Waals surface area (Å²) in [5.74, 6) is 0. The Labute approximate surface area is 86.6 Å². The van der Waals surface area contributed by atoms with Crippen molar-refractivity contribution in [2.45, 2.75) is 17.3 Å². The van der Waals surface area contributed by atoms with Crippen molar-refractivity contribution in [3.63, 3.8) is 0 Å². The van der Waals surface area contributed by atoms with E-state index in [-0.39, 0.29) is 6.04 Å². The normalized spacial score (nSPS) is 27.2. The largest absolute Gasteiger partial charge is 0.383 e. The molecule has 1 aliphatic heterocycles. The number of alkyl halides is 1. The molecule has 13 heavy (non-hydrogen) atoms. The summed E-state index contributed by atoms with van der Waals surface area (Å²) in [5, 5.41) is 3.35. The fraction of sp³-hybridized carbons (Fsp3) is 0.400. The molecule has 1 aliphatic rings.